The Balaban J connectivity index is 1.95. The van der Waals surface area contributed by atoms with Gasteiger partial charge < -0.3 is 0 Å². The number of amides is 1. The smallest absolute Gasteiger partial charge is 0.293 e. The Kier molecular flexibility index (Phi) is 5.00. The lowest BCUT2D eigenvalue weighted by Crippen LogP contribution is -2.44. The fourth-order valence-electron chi connectivity index (χ4n) is 4.67. The van der Waals surface area contributed by atoms with E-state index in [4.69, 9.17) is 0 Å². The Morgan fingerprint density at radius 3 is 2.55 bits per heavy atom. The summed E-state index contributed by atoms with van der Waals surface area (Å²) < 4.78 is 13.9. The van der Waals surface area contributed by atoms with E-state index in [-0.39, 0.29) is 29.5 Å². The van der Waals surface area contributed by atoms with Gasteiger partial charge in [0.25, 0.3) is 5.69 Å². The molecule has 2 aliphatic rings. The van der Waals surface area contributed by atoms with E-state index in [0.29, 0.717) is 35.2 Å². The topological polar surface area (TPSA) is 80.5 Å². The molecule has 1 heterocycles. The molecule has 0 aromatic heterocycles. The summed E-state index contributed by atoms with van der Waals surface area (Å²) in [5.41, 5.74) is 1.78. The van der Waals surface area contributed by atoms with E-state index in [1.165, 1.54) is 23.1 Å². The van der Waals surface area contributed by atoms with Gasteiger partial charge in [0.15, 0.2) is 5.78 Å². The highest BCUT2D eigenvalue weighted by atomic mass is 19.1. The standard InChI is InChI=1S/C24H23FN2O4/c1-14-7-8-18(19(9-14)27(30)31)26-20-12-24(2,3)13-21(28)23(20)17(11-22(26)29)15-5-4-6-16(25)10-15/h4-10,17H,11-13H2,1-3H3. The van der Waals surface area contributed by atoms with Crippen LogP contribution in [-0.2, 0) is 9.59 Å². The van der Waals surface area contributed by atoms with Crippen LogP contribution in [0.15, 0.2) is 53.7 Å². The van der Waals surface area contributed by atoms with Crippen molar-refractivity contribution >= 4 is 23.1 Å². The van der Waals surface area contributed by atoms with Gasteiger partial charge >= 0.3 is 0 Å². The Hall–Kier alpha value is -3.35. The molecule has 0 N–H and O–H groups in total. The van der Waals surface area contributed by atoms with E-state index < -0.39 is 22.1 Å². The molecule has 7 heteroatoms. The molecule has 1 unspecified atom stereocenters. The summed E-state index contributed by atoms with van der Waals surface area (Å²) >= 11 is 0. The molecule has 0 spiro atoms. The second kappa shape index (κ2) is 7.41. The molecule has 31 heavy (non-hydrogen) atoms. The van der Waals surface area contributed by atoms with Crippen LogP contribution in [0.4, 0.5) is 15.8 Å². The third kappa shape index (κ3) is 3.76. The van der Waals surface area contributed by atoms with Gasteiger partial charge in [-0.1, -0.05) is 32.0 Å². The van der Waals surface area contributed by atoms with Gasteiger partial charge in [-0.2, -0.15) is 0 Å². The van der Waals surface area contributed by atoms with E-state index in [2.05, 4.69) is 0 Å². The van der Waals surface area contributed by atoms with Crippen LogP contribution in [-0.4, -0.2) is 16.6 Å². The lowest BCUT2D eigenvalue weighted by molar-refractivity contribution is -0.384. The van der Waals surface area contributed by atoms with Gasteiger partial charge in [-0.05, 0) is 48.1 Å². The number of carbonyl (C=O) groups excluding carboxylic acids is 2. The number of nitro groups is 1. The average Bonchev–Trinajstić information content (AvgIpc) is 2.66. The zero-order valence-electron chi connectivity index (χ0n) is 17.6. The van der Waals surface area contributed by atoms with Gasteiger partial charge in [0.05, 0.1) is 4.92 Å². The second-order valence-electron chi connectivity index (χ2n) is 9.09. The summed E-state index contributed by atoms with van der Waals surface area (Å²) in [5, 5.41) is 11.7. The highest BCUT2D eigenvalue weighted by Crippen LogP contribution is 2.49. The van der Waals surface area contributed by atoms with Crippen LogP contribution in [0, 0.1) is 28.3 Å². The Bertz CT molecular complexity index is 1150. The molecule has 0 saturated heterocycles. The van der Waals surface area contributed by atoms with Gasteiger partial charge in [-0.15, -0.1) is 0 Å². The van der Waals surface area contributed by atoms with E-state index in [0.717, 1.165) is 0 Å². The number of Topliss-reactive ketones (excluding diaryl/α,β-unsaturated/α-hetero) is 1. The third-order valence-corrected chi connectivity index (χ3v) is 5.96. The monoisotopic (exact) mass is 422 g/mol. The molecule has 0 radical (unpaired) electrons. The number of anilines is 1. The first kappa shape index (κ1) is 20.9. The third-order valence-electron chi connectivity index (χ3n) is 5.96. The number of benzene rings is 2. The van der Waals surface area contributed by atoms with Crippen molar-refractivity contribution < 1.29 is 18.9 Å². The first-order valence-electron chi connectivity index (χ1n) is 10.2. The predicted molar refractivity (Wildman–Crippen MR) is 114 cm³/mol. The van der Waals surface area contributed by atoms with Crippen LogP contribution in [0.5, 0.6) is 0 Å². The number of carbonyl (C=O) groups is 2. The summed E-state index contributed by atoms with van der Waals surface area (Å²) in [5.74, 6) is -1.45. The van der Waals surface area contributed by atoms with Crippen molar-refractivity contribution in [2.24, 2.45) is 5.41 Å². The zero-order valence-corrected chi connectivity index (χ0v) is 17.6. The van der Waals surface area contributed by atoms with Crippen molar-refractivity contribution in [1.29, 1.82) is 0 Å². The molecule has 1 aliphatic heterocycles. The predicted octanol–water partition coefficient (Wildman–Crippen LogP) is 5.21. The second-order valence-corrected chi connectivity index (χ2v) is 9.09. The van der Waals surface area contributed by atoms with Gasteiger partial charge in [0.1, 0.15) is 11.5 Å². The minimum atomic E-state index is -0.567. The summed E-state index contributed by atoms with van der Waals surface area (Å²) in [6, 6.07) is 10.6. The number of aryl methyl sites for hydroxylation is 1. The first-order chi connectivity index (χ1) is 14.6. The molecule has 2 aromatic carbocycles. The summed E-state index contributed by atoms with van der Waals surface area (Å²) in [7, 11) is 0. The van der Waals surface area contributed by atoms with Crippen LogP contribution < -0.4 is 4.90 Å². The number of allylic oxidation sites excluding steroid dienone is 2. The largest absolute Gasteiger partial charge is 0.294 e. The maximum Gasteiger partial charge on any atom is 0.293 e. The highest BCUT2D eigenvalue weighted by Gasteiger charge is 2.45. The van der Waals surface area contributed by atoms with Gasteiger partial charge in [-0.25, -0.2) is 4.39 Å². The Morgan fingerprint density at radius 1 is 1.13 bits per heavy atom. The molecule has 4 rings (SSSR count). The van der Waals surface area contributed by atoms with Crippen molar-refractivity contribution in [2.45, 2.75) is 46.0 Å². The molecule has 1 atom stereocenters. The minimum absolute atomic E-state index is 0.0561. The van der Waals surface area contributed by atoms with Crippen molar-refractivity contribution in [1.82, 2.24) is 0 Å². The lowest BCUT2D eigenvalue weighted by atomic mass is 9.69. The lowest BCUT2D eigenvalue weighted by Gasteiger charge is -2.42. The van der Waals surface area contributed by atoms with Crippen LogP contribution in [0.1, 0.15) is 50.2 Å². The van der Waals surface area contributed by atoms with Gasteiger partial charge in [-0.3, -0.25) is 24.6 Å². The molecule has 0 bridgehead atoms. The van der Waals surface area contributed by atoms with Crippen molar-refractivity contribution in [3.05, 3.63) is 80.8 Å². The maximum absolute atomic E-state index is 13.9. The van der Waals surface area contributed by atoms with E-state index in [9.17, 15) is 24.1 Å². The van der Waals surface area contributed by atoms with E-state index in [1.54, 1.807) is 31.2 Å². The number of ketones is 1. The number of rotatable bonds is 3. The molecular formula is C24H23FN2O4. The van der Waals surface area contributed by atoms with Crippen LogP contribution >= 0.6 is 0 Å². The number of hydrogen-bond acceptors (Lipinski definition) is 4. The van der Waals surface area contributed by atoms with Crippen LogP contribution in [0.3, 0.4) is 0 Å². The Morgan fingerprint density at radius 2 is 1.87 bits per heavy atom. The fraction of sp³-hybridized carbons (Fsp3) is 0.333. The number of nitro benzene ring substituents is 1. The minimum Gasteiger partial charge on any atom is -0.294 e. The maximum atomic E-state index is 13.9. The molecule has 1 aliphatic carbocycles. The quantitative estimate of drug-likeness (QED) is 0.503. The fourth-order valence-corrected chi connectivity index (χ4v) is 4.67. The summed E-state index contributed by atoms with van der Waals surface area (Å²) in [4.78, 5) is 39.2. The highest BCUT2D eigenvalue weighted by molar-refractivity contribution is 6.08. The number of hydrogen-bond donors (Lipinski definition) is 0. The molecule has 1 amide bonds. The van der Waals surface area contributed by atoms with E-state index in [1.807, 2.05) is 13.8 Å². The molecule has 2 aromatic rings. The molecule has 6 nitrogen and oxygen atoms in total. The molecule has 0 fully saturated rings. The SMILES string of the molecule is Cc1ccc(N2C(=O)CC(c3cccc(F)c3)C3=C2CC(C)(C)CC3=O)c([N+](=O)[O-])c1. The van der Waals surface area contributed by atoms with Crippen molar-refractivity contribution in [3.63, 3.8) is 0 Å². The molecular weight excluding hydrogens is 399 g/mol. The summed E-state index contributed by atoms with van der Waals surface area (Å²) in [6.45, 7) is 5.62. The van der Waals surface area contributed by atoms with Gasteiger partial charge in [0, 0.05) is 36.1 Å². The molecule has 160 valence electrons. The van der Waals surface area contributed by atoms with Gasteiger partial charge in [0.2, 0.25) is 5.91 Å². The normalized spacial score (nSPS) is 20.6. The molecule has 0 saturated carbocycles. The van der Waals surface area contributed by atoms with Crippen LogP contribution in [0.25, 0.3) is 0 Å². The number of nitrogens with zero attached hydrogens (tertiary/aromatic N) is 2. The van der Waals surface area contributed by atoms with Crippen molar-refractivity contribution in [2.75, 3.05) is 4.90 Å². The Labute approximate surface area is 179 Å². The summed E-state index contributed by atoms with van der Waals surface area (Å²) in [6.07, 6.45) is 0.659. The van der Waals surface area contributed by atoms with E-state index >= 15 is 0 Å². The average molecular weight is 422 g/mol. The first-order valence-corrected chi connectivity index (χ1v) is 10.2. The zero-order chi connectivity index (χ0) is 22.5. The van der Waals surface area contributed by atoms with Crippen LogP contribution in [0.2, 0.25) is 0 Å². The van der Waals surface area contributed by atoms with Crippen molar-refractivity contribution in [3.8, 4) is 0 Å². The number of halogens is 1.